The summed E-state index contributed by atoms with van der Waals surface area (Å²) in [6, 6.07) is 12.8. The third-order valence-electron chi connectivity index (χ3n) is 6.94. The highest BCUT2D eigenvalue weighted by Crippen LogP contribution is 2.42. The van der Waals surface area contributed by atoms with Gasteiger partial charge in [-0.1, -0.05) is 24.3 Å². The van der Waals surface area contributed by atoms with Crippen LogP contribution in [0.5, 0.6) is 0 Å². The number of benzene rings is 1. The number of hydrogen-bond donors (Lipinski definition) is 1. The highest BCUT2D eigenvalue weighted by molar-refractivity contribution is 5.26. The maximum Gasteiger partial charge on any atom is 0.266 e. The van der Waals surface area contributed by atoms with Crippen LogP contribution in [0.3, 0.4) is 0 Å². The quantitative estimate of drug-likeness (QED) is 0.868. The molecule has 1 N–H and O–H groups in total. The Labute approximate surface area is 166 Å². The molecule has 2 aliphatic heterocycles. The van der Waals surface area contributed by atoms with Crippen LogP contribution >= 0.6 is 0 Å². The summed E-state index contributed by atoms with van der Waals surface area (Å²) in [6.07, 6.45) is 6.02. The van der Waals surface area contributed by atoms with Crippen LogP contribution in [0.4, 0.5) is 0 Å². The zero-order valence-electron chi connectivity index (χ0n) is 16.6. The van der Waals surface area contributed by atoms with Gasteiger partial charge in [-0.05, 0) is 62.6 Å². The summed E-state index contributed by atoms with van der Waals surface area (Å²) in [4.78, 5) is 14.9. The molecule has 1 aromatic carbocycles. The second kappa shape index (κ2) is 6.82. The molecule has 5 heteroatoms. The predicted octanol–water partition coefficient (Wildman–Crippen LogP) is 2.99. The van der Waals surface area contributed by atoms with Gasteiger partial charge in [-0.2, -0.15) is 5.10 Å². The van der Waals surface area contributed by atoms with Crippen molar-refractivity contribution in [2.75, 3.05) is 0 Å². The Morgan fingerprint density at radius 2 is 1.79 bits per heavy atom. The number of nitrogens with zero attached hydrogens (tertiary/aromatic N) is 3. The molecule has 2 bridgehead atoms. The molecule has 0 unspecified atom stereocenters. The van der Waals surface area contributed by atoms with Crippen LogP contribution in [0.15, 0.2) is 41.2 Å². The summed E-state index contributed by atoms with van der Waals surface area (Å²) in [7, 11) is 0. The van der Waals surface area contributed by atoms with Gasteiger partial charge in [-0.3, -0.25) is 9.69 Å². The molecule has 2 atom stereocenters. The lowest BCUT2D eigenvalue weighted by Gasteiger charge is -2.44. The van der Waals surface area contributed by atoms with Crippen molar-refractivity contribution < 1.29 is 5.11 Å². The van der Waals surface area contributed by atoms with Gasteiger partial charge in [0.1, 0.15) is 0 Å². The Hall–Kier alpha value is -1.98. The van der Waals surface area contributed by atoms with Gasteiger partial charge >= 0.3 is 0 Å². The molecular weight excluding hydrogens is 350 g/mol. The first-order valence-corrected chi connectivity index (χ1v) is 10.6. The molecule has 148 valence electrons. The van der Waals surface area contributed by atoms with Gasteiger partial charge < -0.3 is 5.11 Å². The highest BCUT2D eigenvalue weighted by Gasteiger charge is 2.47. The van der Waals surface area contributed by atoms with E-state index in [1.807, 2.05) is 6.07 Å². The van der Waals surface area contributed by atoms with Crippen LogP contribution in [0.25, 0.3) is 0 Å². The lowest BCUT2D eigenvalue weighted by molar-refractivity contribution is -0.0678. The summed E-state index contributed by atoms with van der Waals surface area (Å²) in [5.74, 6) is 0.508. The second-order valence-electron chi connectivity index (χ2n) is 9.14. The van der Waals surface area contributed by atoms with E-state index in [0.29, 0.717) is 24.5 Å². The smallest absolute Gasteiger partial charge is 0.266 e. The summed E-state index contributed by atoms with van der Waals surface area (Å²) in [5, 5.41) is 16.0. The van der Waals surface area contributed by atoms with Crippen LogP contribution in [0.2, 0.25) is 0 Å². The molecule has 28 heavy (non-hydrogen) atoms. The Kier molecular flexibility index (Phi) is 4.40. The van der Waals surface area contributed by atoms with E-state index in [2.05, 4.69) is 41.2 Å². The van der Waals surface area contributed by atoms with Crippen molar-refractivity contribution in [2.24, 2.45) is 0 Å². The molecule has 0 amide bonds. The summed E-state index contributed by atoms with van der Waals surface area (Å²) >= 11 is 0. The van der Waals surface area contributed by atoms with E-state index in [9.17, 15) is 9.90 Å². The average molecular weight is 380 g/mol. The molecule has 2 aromatic rings. The van der Waals surface area contributed by atoms with Gasteiger partial charge in [-0.15, -0.1) is 0 Å². The Morgan fingerprint density at radius 3 is 2.46 bits per heavy atom. The SMILES string of the molecule is Cc1ccccc1CN1[C@H]2CC[C@H]1CC(O)(Cn1nc(C3CC3)ccc1=O)C2. The minimum atomic E-state index is -0.840. The molecular formula is C23H29N3O2. The number of rotatable bonds is 5. The maximum absolute atomic E-state index is 12.3. The highest BCUT2D eigenvalue weighted by atomic mass is 16.3. The molecule has 1 saturated carbocycles. The second-order valence-corrected chi connectivity index (χ2v) is 9.14. The lowest BCUT2D eigenvalue weighted by atomic mass is 9.85. The van der Waals surface area contributed by atoms with Gasteiger partial charge in [0, 0.05) is 30.6 Å². The molecule has 1 aliphatic carbocycles. The van der Waals surface area contributed by atoms with E-state index in [1.165, 1.54) is 15.8 Å². The molecule has 2 saturated heterocycles. The molecule has 0 radical (unpaired) electrons. The average Bonchev–Trinajstić information content (AvgIpc) is 3.47. The zero-order chi connectivity index (χ0) is 19.3. The normalized spacial score (nSPS) is 29.9. The van der Waals surface area contributed by atoms with Gasteiger partial charge in [0.2, 0.25) is 0 Å². The first-order chi connectivity index (χ1) is 13.5. The molecule has 5 nitrogen and oxygen atoms in total. The van der Waals surface area contributed by atoms with Gasteiger partial charge in [0.25, 0.3) is 5.56 Å². The van der Waals surface area contributed by atoms with E-state index < -0.39 is 5.60 Å². The molecule has 0 spiro atoms. The van der Waals surface area contributed by atoms with E-state index >= 15 is 0 Å². The van der Waals surface area contributed by atoms with Crippen molar-refractivity contribution >= 4 is 0 Å². The van der Waals surface area contributed by atoms with E-state index in [0.717, 1.165) is 50.8 Å². The van der Waals surface area contributed by atoms with Crippen molar-refractivity contribution in [1.29, 1.82) is 0 Å². The Balaban J connectivity index is 1.33. The van der Waals surface area contributed by atoms with Crippen LogP contribution in [-0.2, 0) is 13.1 Å². The number of aromatic nitrogens is 2. The van der Waals surface area contributed by atoms with Crippen molar-refractivity contribution in [1.82, 2.24) is 14.7 Å². The fraction of sp³-hybridized carbons (Fsp3) is 0.565. The number of aryl methyl sites for hydroxylation is 1. The first-order valence-electron chi connectivity index (χ1n) is 10.6. The standard InChI is InChI=1S/C23H29N3O2/c1-16-4-2-3-5-18(16)14-25-19-8-9-20(25)13-23(28,12-19)15-26-22(27)11-10-21(24-26)17-6-7-17/h2-5,10-11,17,19-20,28H,6-9,12-15H2,1H3/t19-,20-/m0/s1. The number of piperidine rings is 1. The van der Waals surface area contributed by atoms with Gasteiger partial charge in [0.15, 0.2) is 0 Å². The molecule has 3 heterocycles. The van der Waals surface area contributed by atoms with Crippen molar-refractivity contribution in [3.63, 3.8) is 0 Å². The summed E-state index contributed by atoms with van der Waals surface area (Å²) in [6.45, 7) is 3.44. The van der Waals surface area contributed by atoms with E-state index in [4.69, 9.17) is 0 Å². The number of aliphatic hydroxyl groups is 1. The Bertz CT molecular complexity index is 919. The summed E-state index contributed by atoms with van der Waals surface area (Å²) in [5.41, 5.74) is 2.76. The van der Waals surface area contributed by atoms with Crippen LogP contribution < -0.4 is 5.56 Å². The fourth-order valence-electron chi connectivity index (χ4n) is 5.24. The van der Waals surface area contributed by atoms with Gasteiger partial charge in [0.05, 0.1) is 17.8 Å². The summed E-state index contributed by atoms with van der Waals surface area (Å²) < 4.78 is 1.52. The molecule has 1 aromatic heterocycles. The molecule has 3 fully saturated rings. The first kappa shape index (κ1) is 18.1. The topological polar surface area (TPSA) is 58.4 Å². The minimum absolute atomic E-state index is 0.104. The zero-order valence-corrected chi connectivity index (χ0v) is 16.6. The van der Waals surface area contributed by atoms with Crippen LogP contribution in [0.1, 0.15) is 61.3 Å². The van der Waals surface area contributed by atoms with Gasteiger partial charge in [-0.25, -0.2) is 4.68 Å². The van der Waals surface area contributed by atoms with Crippen molar-refractivity contribution in [2.45, 2.75) is 82.1 Å². The monoisotopic (exact) mass is 379 g/mol. The fourth-order valence-corrected chi connectivity index (χ4v) is 5.24. The number of fused-ring (bicyclic) bond motifs is 2. The minimum Gasteiger partial charge on any atom is -0.388 e. The van der Waals surface area contributed by atoms with Crippen molar-refractivity contribution in [3.05, 3.63) is 63.6 Å². The third-order valence-corrected chi connectivity index (χ3v) is 6.94. The van der Waals surface area contributed by atoms with E-state index in [-0.39, 0.29) is 5.56 Å². The largest absolute Gasteiger partial charge is 0.388 e. The predicted molar refractivity (Wildman–Crippen MR) is 108 cm³/mol. The van der Waals surface area contributed by atoms with E-state index in [1.54, 1.807) is 6.07 Å². The Morgan fingerprint density at radius 1 is 1.07 bits per heavy atom. The lowest BCUT2D eigenvalue weighted by Crippen LogP contribution is -2.53. The van der Waals surface area contributed by atoms with Crippen LogP contribution in [-0.4, -0.2) is 37.5 Å². The van der Waals surface area contributed by atoms with Crippen molar-refractivity contribution in [3.8, 4) is 0 Å². The number of hydrogen-bond acceptors (Lipinski definition) is 4. The third kappa shape index (κ3) is 3.42. The van der Waals surface area contributed by atoms with Crippen LogP contribution in [0, 0.1) is 6.92 Å². The molecule has 3 aliphatic rings. The molecule has 5 rings (SSSR count). The maximum atomic E-state index is 12.3.